The van der Waals surface area contributed by atoms with Crippen molar-refractivity contribution in [3.05, 3.63) is 70.0 Å². The van der Waals surface area contributed by atoms with Crippen molar-refractivity contribution in [2.75, 3.05) is 20.6 Å². The van der Waals surface area contributed by atoms with E-state index in [0.29, 0.717) is 36.2 Å². The number of hydrogen-bond acceptors (Lipinski definition) is 2. The maximum Gasteiger partial charge on any atom is 0.191 e. The number of benzene rings is 2. The quantitative estimate of drug-likeness (QED) is 0.570. The molecule has 0 heterocycles. The van der Waals surface area contributed by atoms with Crippen LogP contribution < -0.4 is 10.6 Å². The first kappa shape index (κ1) is 20.2. The summed E-state index contributed by atoms with van der Waals surface area (Å²) in [6.07, 6.45) is 0. The first-order valence-electron chi connectivity index (χ1n) is 8.66. The van der Waals surface area contributed by atoms with Gasteiger partial charge in [0.05, 0.1) is 6.54 Å². The van der Waals surface area contributed by atoms with Gasteiger partial charge in [0.25, 0.3) is 0 Å². The Balaban J connectivity index is 2.02. The van der Waals surface area contributed by atoms with E-state index in [1.807, 2.05) is 56.3 Å². The molecule has 2 aromatic rings. The predicted octanol–water partition coefficient (Wildman–Crippen LogP) is 3.80. The summed E-state index contributed by atoms with van der Waals surface area (Å²) in [6.45, 7) is 4.45. The fraction of sp³-hybridized carbons (Fsp3) is 0.350. The third-order valence-electron chi connectivity index (χ3n) is 3.71. The van der Waals surface area contributed by atoms with Gasteiger partial charge < -0.3 is 15.5 Å². The smallest absolute Gasteiger partial charge is 0.191 e. The van der Waals surface area contributed by atoms with Crippen molar-refractivity contribution < 1.29 is 4.39 Å². The Kier molecular flexibility index (Phi) is 7.88. The number of guanidine groups is 1. The van der Waals surface area contributed by atoms with Crippen LogP contribution in [0.3, 0.4) is 0 Å². The maximum absolute atomic E-state index is 13.9. The SMILES string of the molecule is CCNC(=NCc1cccc(Cl)c1)NCc1ccc(F)c(CN(C)C)c1. The van der Waals surface area contributed by atoms with Gasteiger partial charge in [-0.1, -0.05) is 29.8 Å². The van der Waals surface area contributed by atoms with Gasteiger partial charge in [0.15, 0.2) is 5.96 Å². The minimum Gasteiger partial charge on any atom is -0.357 e. The number of rotatable bonds is 7. The van der Waals surface area contributed by atoms with E-state index in [-0.39, 0.29) is 5.82 Å². The van der Waals surface area contributed by atoms with Crippen LogP contribution in [0.15, 0.2) is 47.5 Å². The summed E-state index contributed by atoms with van der Waals surface area (Å²) in [5.41, 5.74) is 2.75. The van der Waals surface area contributed by atoms with Crippen molar-refractivity contribution >= 4 is 17.6 Å². The summed E-state index contributed by atoms with van der Waals surface area (Å²) in [5, 5.41) is 7.22. The van der Waals surface area contributed by atoms with Gasteiger partial charge in [0.2, 0.25) is 0 Å². The first-order valence-corrected chi connectivity index (χ1v) is 9.04. The second kappa shape index (κ2) is 10.1. The van der Waals surface area contributed by atoms with Crippen LogP contribution >= 0.6 is 11.6 Å². The highest BCUT2D eigenvalue weighted by molar-refractivity contribution is 6.30. The number of nitrogens with one attached hydrogen (secondary N) is 2. The summed E-state index contributed by atoms with van der Waals surface area (Å²) < 4.78 is 13.9. The molecule has 0 aliphatic carbocycles. The van der Waals surface area contributed by atoms with E-state index in [4.69, 9.17) is 11.6 Å². The van der Waals surface area contributed by atoms with E-state index in [1.54, 1.807) is 6.07 Å². The second-order valence-corrected chi connectivity index (χ2v) is 6.78. The van der Waals surface area contributed by atoms with Crippen LogP contribution in [0.2, 0.25) is 5.02 Å². The zero-order valence-corrected chi connectivity index (χ0v) is 16.3. The molecule has 26 heavy (non-hydrogen) atoms. The van der Waals surface area contributed by atoms with E-state index in [1.165, 1.54) is 6.07 Å². The highest BCUT2D eigenvalue weighted by atomic mass is 35.5. The number of halogens is 2. The summed E-state index contributed by atoms with van der Waals surface area (Å²) in [6, 6.07) is 12.9. The number of aliphatic imine (C=N–C) groups is 1. The normalized spacial score (nSPS) is 11.7. The van der Waals surface area contributed by atoms with Gasteiger partial charge >= 0.3 is 0 Å². The fourth-order valence-electron chi connectivity index (χ4n) is 2.53. The molecule has 2 N–H and O–H groups in total. The minimum absolute atomic E-state index is 0.177. The molecule has 0 aliphatic rings. The first-order chi connectivity index (χ1) is 12.5. The van der Waals surface area contributed by atoms with E-state index in [9.17, 15) is 4.39 Å². The molecule has 0 saturated carbocycles. The van der Waals surface area contributed by atoms with E-state index in [0.717, 1.165) is 17.7 Å². The van der Waals surface area contributed by atoms with Crippen molar-refractivity contribution in [3.8, 4) is 0 Å². The lowest BCUT2D eigenvalue weighted by Crippen LogP contribution is -2.36. The van der Waals surface area contributed by atoms with Crippen LogP contribution in [-0.4, -0.2) is 31.5 Å². The molecule has 2 aromatic carbocycles. The summed E-state index contributed by atoms with van der Waals surface area (Å²) >= 11 is 6.01. The van der Waals surface area contributed by atoms with Gasteiger partial charge in [-0.2, -0.15) is 0 Å². The Bertz CT molecular complexity index is 746. The fourth-order valence-corrected chi connectivity index (χ4v) is 2.75. The largest absolute Gasteiger partial charge is 0.357 e. The molecule has 0 radical (unpaired) electrons. The monoisotopic (exact) mass is 376 g/mol. The Morgan fingerprint density at radius 2 is 1.92 bits per heavy atom. The summed E-state index contributed by atoms with van der Waals surface area (Å²) in [4.78, 5) is 6.53. The molecule has 0 aliphatic heterocycles. The average Bonchev–Trinajstić information content (AvgIpc) is 2.59. The number of nitrogens with zero attached hydrogens (tertiary/aromatic N) is 2. The Morgan fingerprint density at radius 1 is 1.12 bits per heavy atom. The van der Waals surface area contributed by atoms with Gasteiger partial charge in [-0.25, -0.2) is 9.38 Å². The lowest BCUT2D eigenvalue weighted by Gasteiger charge is -2.14. The van der Waals surface area contributed by atoms with Gasteiger partial charge in [0.1, 0.15) is 5.82 Å². The molecule has 0 unspecified atom stereocenters. The van der Waals surface area contributed by atoms with E-state index in [2.05, 4.69) is 15.6 Å². The summed E-state index contributed by atoms with van der Waals surface area (Å²) in [7, 11) is 3.85. The Hall–Kier alpha value is -2.11. The van der Waals surface area contributed by atoms with E-state index >= 15 is 0 Å². The third-order valence-corrected chi connectivity index (χ3v) is 3.94. The van der Waals surface area contributed by atoms with Gasteiger partial charge in [-0.3, -0.25) is 0 Å². The second-order valence-electron chi connectivity index (χ2n) is 6.34. The van der Waals surface area contributed by atoms with Crippen molar-refractivity contribution in [1.82, 2.24) is 15.5 Å². The number of hydrogen-bond donors (Lipinski definition) is 2. The molecular formula is C20H26ClFN4. The van der Waals surface area contributed by atoms with Gasteiger partial charge in [0, 0.05) is 30.2 Å². The van der Waals surface area contributed by atoms with Gasteiger partial charge in [-0.05, 0) is 56.4 Å². The molecular weight excluding hydrogens is 351 g/mol. The zero-order valence-electron chi connectivity index (χ0n) is 15.5. The van der Waals surface area contributed by atoms with Gasteiger partial charge in [-0.15, -0.1) is 0 Å². The Morgan fingerprint density at radius 3 is 2.62 bits per heavy atom. The molecule has 0 aromatic heterocycles. The lowest BCUT2D eigenvalue weighted by atomic mass is 10.1. The summed E-state index contributed by atoms with van der Waals surface area (Å²) in [5.74, 6) is 0.537. The Labute approximate surface area is 160 Å². The topological polar surface area (TPSA) is 39.7 Å². The molecule has 0 amide bonds. The van der Waals surface area contributed by atoms with Crippen molar-refractivity contribution in [3.63, 3.8) is 0 Å². The molecule has 0 spiro atoms. The maximum atomic E-state index is 13.9. The van der Waals surface area contributed by atoms with Crippen molar-refractivity contribution in [1.29, 1.82) is 0 Å². The van der Waals surface area contributed by atoms with Crippen LogP contribution in [-0.2, 0) is 19.6 Å². The predicted molar refractivity (Wildman–Crippen MR) is 107 cm³/mol. The van der Waals surface area contributed by atoms with Crippen LogP contribution in [0, 0.1) is 5.82 Å². The van der Waals surface area contributed by atoms with Crippen LogP contribution in [0.5, 0.6) is 0 Å². The van der Waals surface area contributed by atoms with Crippen molar-refractivity contribution in [2.45, 2.75) is 26.6 Å². The van der Waals surface area contributed by atoms with Crippen LogP contribution in [0.4, 0.5) is 4.39 Å². The molecule has 4 nitrogen and oxygen atoms in total. The molecule has 6 heteroatoms. The highest BCUT2D eigenvalue weighted by Gasteiger charge is 2.06. The van der Waals surface area contributed by atoms with Crippen LogP contribution in [0.25, 0.3) is 0 Å². The van der Waals surface area contributed by atoms with E-state index < -0.39 is 0 Å². The highest BCUT2D eigenvalue weighted by Crippen LogP contribution is 2.13. The minimum atomic E-state index is -0.177. The molecule has 0 fully saturated rings. The standard InChI is InChI=1S/C20H26ClFN4/c1-4-23-20(24-12-15-6-5-7-18(21)11-15)25-13-16-8-9-19(22)17(10-16)14-26(2)3/h5-11H,4,12-14H2,1-3H3,(H2,23,24,25). The molecule has 2 rings (SSSR count). The van der Waals surface area contributed by atoms with Crippen molar-refractivity contribution in [2.24, 2.45) is 4.99 Å². The zero-order chi connectivity index (χ0) is 18.9. The van der Waals surface area contributed by atoms with Crippen LogP contribution in [0.1, 0.15) is 23.6 Å². The lowest BCUT2D eigenvalue weighted by molar-refractivity contribution is 0.392. The molecule has 140 valence electrons. The molecule has 0 saturated heterocycles. The third kappa shape index (κ3) is 6.65. The average molecular weight is 377 g/mol. The molecule has 0 atom stereocenters. The molecule has 0 bridgehead atoms.